The summed E-state index contributed by atoms with van der Waals surface area (Å²) in [7, 11) is 3.59. The van der Waals surface area contributed by atoms with E-state index in [1.165, 1.54) is 0 Å². The molecule has 62 valence electrons. The molecule has 0 aliphatic carbocycles. The Morgan fingerprint density at radius 1 is 1.70 bits per heavy atom. The quantitative estimate of drug-likeness (QED) is 0.417. The Morgan fingerprint density at radius 3 is 2.30 bits per heavy atom. The number of methoxy groups -OCH3 is 1. The molecule has 0 radical (unpaired) electrons. The Morgan fingerprint density at radius 2 is 2.20 bits per heavy atom. The van der Waals surface area contributed by atoms with Crippen molar-refractivity contribution in [3.8, 4) is 0 Å². The average molecular weight is 212 g/mol. The SMILES string of the molecule is CNCCOC.O=CCBr. The van der Waals surface area contributed by atoms with Gasteiger partial charge in [-0.3, -0.25) is 0 Å². The Bertz CT molecular complexity index is 57.7. The lowest BCUT2D eigenvalue weighted by Crippen LogP contribution is -2.12. The van der Waals surface area contributed by atoms with E-state index >= 15 is 0 Å². The van der Waals surface area contributed by atoms with Gasteiger partial charge in [0.25, 0.3) is 0 Å². The summed E-state index contributed by atoms with van der Waals surface area (Å²) in [6.45, 7) is 1.74. The molecule has 0 aromatic rings. The van der Waals surface area contributed by atoms with Crippen molar-refractivity contribution in [1.29, 1.82) is 0 Å². The van der Waals surface area contributed by atoms with Crippen LogP contribution in [0.4, 0.5) is 0 Å². The number of hydrogen-bond donors (Lipinski definition) is 1. The number of carbonyl (C=O) groups excluding carboxylic acids is 1. The van der Waals surface area contributed by atoms with E-state index in [0.717, 1.165) is 19.4 Å². The average Bonchev–Trinajstić information content (AvgIpc) is 2.01. The molecule has 0 rings (SSSR count). The Kier molecular flexibility index (Phi) is 20.4. The molecule has 0 aliphatic rings. The molecule has 3 nitrogen and oxygen atoms in total. The van der Waals surface area contributed by atoms with E-state index < -0.39 is 0 Å². The molecule has 0 aromatic heterocycles. The van der Waals surface area contributed by atoms with Crippen LogP contribution in [0, 0.1) is 0 Å². The molecule has 0 aliphatic heterocycles. The highest BCUT2D eigenvalue weighted by molar-refractivity contribution is 9.09. The summed E-state index contributed by atoms with van der Waals surface area (Å²) in [6.07, 6.45) is 0.792. The van der Waals surface area contributed by atoms with E-state index in [-0.39, 0.29) is 0 Å². The fourth-order valence-electron chi connectivity index (χ4n) is 0.204. The maximum Gasteiger partial charge on any atom is 0.130 e. The van der Waals surface area contributed by atoms with Crippen molar-refractivity contribution in [3.05, 3.63) is 0 Å². The molecule has 0 unspecified atom stereocenters. The summed E-state index contributed by atoms with van der Waals surface area (Å²) in [5.74, 6) is 0. The van der Waals surface area contributed by atoms with Crippen LogP contribution in [0.3, 0.4) is 0 Å². The Hall–Kier alpha value is 0.0700. The molecule has 0 aromatic carbocycles. The van der Waals surface area contributed by atoms with Gasteiger partial charge in [-0.05, 0) is 7.05 Å². The number of likely N-dealkylation sites (N-methyl/N-ethyl adjacent to an activating group) is 1. The molecule has 1 N–H and O–H groups in total. The molecule has 0 atom stereocenters. The maximum atomic E-state index is 9.13. The van der Waals surface area contributed by atoms with Gasteiger partial charge in [-0.2, -0.15) is 0 Å². The first-order chi connectivity index (χ1) is 4.83. The van der Waals surface area contributed by atoms with Crippen LogP contribution in [0.1, 0.15) is 0 Å². The second kappa shape index (κ2) is 16.0. The lowest BCUT2D eigenvalue weighted by Gasteiger charge is -1.92. The zero-order chi connectivity index (χ0) is 8.24. The normalized spacial score (nSPS) is 7.90. The van der Waals surface area contributed by atoms with Gasteiger partial charge in [0.15, 0.2) is 0 Å². The molecule has 0 spiro atoms. The van der Waals surface area contributed by atoms with Crippen LogP contribution in [-0.2, 0) is 9.53 Å². The van der Waals surface area contributed by atoms with Crippen LogP contribution in [0.5, 0.6) is 0 Å². The third-order valence-corrected chi connectivity index (χ3v) is 0.884. The van der Waals surface area contributed by atoms with E-state index in [0.29, 0.717) is 5.33 Å². The molecular weight excluding hydrogens is 198 g/mol. The van der Waals surface area contributed by atoms with E-state index in [1.54, 1.807) is 7.11 Å². The standard InChI is InChI=1S/C4H11NO.C2H3BrO/c1-5-3-4-6-2;3-1-2-4/h5H,3-4H2,1-2H3;2H,1H2. The van der Waals surface area contributed by atoms with Crippen molar-refractivity contribution < 1.29 is 9.53 Å². The monoisotopic (exact) mass is 211 g/mol. The van der Waals surface area contributed by atoms with Crippen molar-refractivity contribution in [2.75, 3.05) is 32.6 Å². The van der Waals surface area contributed by atoms with Gasteiger partial charge in [0.1, 0.15) is 6.29 Å². The van der Waals surface area contributed by atoms with E-state index in [4.69, 9.17) is 9.53 Å². The topological polar surface area (TPSA) is 38.3 Å². The van der Waals surface area contributed by atoms with Crippen LogP contribution in [0.2, 0.25) is 0 Å². The van der Waals surface area contributed by atoms with E-state index in [1.807, 2.05) is 7.05 Å². The van der Waals surface area contributed by atoms with Crippen molar-refractivity contribution in [2.45, 2.75) is 0 Å². The molecule has 0 bridgehead atoms. The van der Waals surface area contributed by atoms with Gasteiger partial charge in [0.05, 0.1) is 11.9 Å². The van der Waals surface area contributed by atoms with E-state index in [2.05, 4.69) is 21.2 Å². The number of alkyl halides is 1. The predicted octanol–water partition coefficient (Wildman–Crippen LogP) is 0.432. The summed E-state index contributed by atoms with van der Waals surface area (Å²) < 4.78 is 4.72. The lowest BCUT2D eigenvalue weighted by atomic mass is 10.7. The van der Waals surface area contributed by atoms with Gasteiger partial charge in [-0.15, -0.1) is 0 Å². The van der Waals surface area contributed by atoms with Crippen molar-refractivity contribution in [2.24, 2.45) is 0 Å². The van der Waals surface area contributed by atoms with Gasteiger partial charge >= 0.3 is 0 Å². The van der Waals surface area contributed by atoms with Crippen LogP contribution >= 0.6 is 15.9 Å². The van der Waals surface area contributed by atoms with Crippen LogP contribution in [0.15, 0.2) is 0 Å². The second-order valence-corrected chi connectivity index (χ2v) is 2.06. The number of ether oxygens (including phenoxy) is 1. The number of aldehydes is 1. The third-order valence-electron chi connectivity index (χ3n) is 0.619. The lowest BCUT2D eigenvalue weighted by molar-refractivity contribution is -0.105. The smallest absolute Gasteiger partial charge is 0.130 e. The Labute approximate surface area is 70.3 Å². The number of hydrogen-bond acceptors (Lipinski definition) is 3. The fourth-order valence-corrected chi connectivity index (χ4v) is 0.204. The van der Waals surface area contributed by atoms with Gasteiger partial charge in [0, 0.05) is 13.7 Å². The van der Waals surface area contributed by atoms with Crippen LogP contribution in [0.25, 0.3) is 0 Å². The minimum atomic E-state index is 0.451. The number of halogens is 1. The molecule has 0 heterocycles. The largest absolute Gasteiger partial charge is 0.383 e. The van der Waals surface area contributed by atoms with Gasteiger partial charge in [-0.1, -0.05) is 15.9 Å². The van der Waals surface area contributed by atoms with Crippen molar-refractivity contribution in [1.82, 2.24) is 5.32 Å². The molecule has 0 amide bonds. The highest BCUT2D eigenvalue weighted by Crippen LogP contribution is 1.65. The molecule has 0 fully saturated rings. The van der Waals surface area contributed by atoms with Gasteiger partial charge in [0.2, 0.25) is 0 Å². The highest BCUT2D eigenvalue weighted by atomic mass is 79.9. The van der Waals surface area contributed by atoms with Crippen molar-refractivity contribution in [3.63, 3.8) is 0 Å². The highest BCUT2D eigenvalue weighted by Gasteiger charge is 1.72. The molecular formula is C6H14BrNO2. The summed E-state index contributed by atoms with van der Waals surface area (Å²) in [5, 5.41) is 3.40. The van der Waals surface area contributed by atoms with Crippen molar-refractivity contribution >= 4 is 22.2 Å². The third kappa shape index (κ3) is 24.4. The maximum absolute atomic E-state index is 9.13. The molecule has 10 heavy (non-hydrogen) atoms. The van der Waals surface area contributed by atoms with Gasteiger partial charge < -0.3 is 14.8 Å². The zero-order valence-electron chi connectivity index (χ0n) is 6.39. The Balaban J connectivity index is 0. The summed E-state index contributed by atoms with van der Waals surface area (Å²) >= 11 is 2.88. The minimum Gasteiger partial charge on any atom is -0.383 e. The minimum absolute atomic E-state index is 0.451. The van der Waals surface area contributed by atoms with E-state index in [9.17, 15) is 0 Å². The molecule has 4 heteroatoms. The summed E-state index contributed by atoms with van der Waals surface area (Å²) in [4.78, 5) is 9.13. The first-order valence-electron chi connectivity index (χ1n) is 2.96. The van der Waals surface area contributed by atoms with Crippen LogP contribution in [-0.4, -0.2) is 38.9 Å². The predicted molar refractivity (Wildman–Crippen MR) is 45.7 cm³/mol. The van der Waals surface area contributed by atoms with Gasteiger partial charge in [-0.25, -0.2) is 0 Å². The number of nitrogens with one attached hydrogen (secondary N) is 1. The first-order valence-corrected chi connectivity index (χ1v) is 4.08. The second-order valence-electron chi connectivity index (χ2n) is 1.42. The molecule has 0 saturated heterocycles. The zero-order valence-corrected chi connectivity index (χ0v) is 7.98. The molecule has 0 saturated carbocycles. The summed E-state index contributed by atoms with van der Waals surface area (Å²) in [5.41, 5.74) is 0. The fraction of sp³-hybridized carbons (Fsp3) is 0.833. The van der Waals surface area contributed by atoms with Crippen LogP contribution < -0.4 is 5.32 Å². The number of rotatable bonds is 4. The first kappa shape index (κ1) is 12.7. The number of carbonyl (C=O) groups is 1. The summed E-state index contributed by atoms with van der Waals surface area (Å²) in [6, 6.07) is 0.